The van der Waals surface area contributed by atoms with E-state index in [-0.39, 0.29) is 38.6 Å². The van der Waals surface area contributed by atoms with Gasteiger partial charge < -0.3 is 13.7 Å². The van der Waals surface area contributed by atoms with Crippen molar-refractivity contribution in [2.75, 3.05) is 0 Å². The fraction of sp³-hybridized carbons (Fsp3) is 0.500. The molecular weight excluding hydrogens is 1010 g/mol. The first-order valence-electron chi connectivity index (χ1n) is 14.5. The molecule has 0 aliphatic rings. The molecule has 0 unspecified atom stereocenters. The summed E-state index contributed by atoms with van der Waals surface area (Å²) in [6.07, 6.45) is 3.78. The summed E-state index contributed by atoms with van der Waals surface area (Å²) in [6.45, 7) is 20.0. The second-order valence-electron chi connectivity index (χ2n) is 13.9. The average Bonchev–Trinajstić information content (AvgIpc) is 2.94. The van der Waals surface area contributed by atoms with E-state index < -0.39 is 46.9 Å². The van der Waals surface area contributed by atoms with E-state index in [1.54, 1.807) is 0 Å². The standard InChI is InChI=1S/C27H35N3.3CHF3O3S.Au/c1-25(2,3)18-10-12-28-21(14-18)23-16-20(27(7,8)9)17-24(30-23)22-15-19(11-13-29-22)26(4,5)6;3*2-1(3,4)8(5,6)7;/h10-17H,1-9H3;3*(H,5,6,7);/q;;;;+3/p-3. The van der Waals surface area contributed by atoms with Gasteiger partial charge in [-0.3, -0.25) is 9.97 Å². The summed E-state index contributed by atoms with van der Waals surface area (Å²) >= 11 is 0. The topological polar surface area (TPSA) is 210 Å². The van der Waals surface area contributed by atoms with Gasteiger partial charge in [0.05, 0.1) is 22.8 Å². The second-order valence-corrected chi connectivity index (χ2v) is 18.0. The van der Waals surface area contributed by atoms with Gasteiger partial charge in [0.1, 0.15) is 0 Å². The third kappa shape index (κ3) is 18.4. The molecular formula is C30H35AuF9N3O9S3. The number of halogens is 9. The van der Waals surface area contributed by atoms with Gasteiger partial charge in [-0.15, -0.1) is 0 Å². The van der Waals surface area contributed by atoms with Crippen LogP contribution in [0.1, 0.15) is 79.0 Å². The van der Waals surface area contributed by atoms with Gasteiger partial charge in [-0.2, -0.15) is 39.5 Å². The molecule has 316 valence electrons. The van der Waals surface area contributed by atoms with Gasteiger partial charge in [0.25, 0.3) is 0 Å². The van der Waals surface area contributed by atoms with Crippen molar-refractivity contribution in [2.45, 2.75) is 95.1 Å². The van der Waals surface area contributed by atoms with Crippen LogP contribution < -0.4 is 0 Å². The summed E-state index contributed by atoms with van der Waals surface area (Å²) in [4.78, 5) is 14.3. The molecule has 0 spiro atoms. The van der Waals surface area contributed by atoms with Crippen molar-refractivity contribution < 1.29 is 101 Å². The van der Waals surface area contributed by atoms with Crippen LogP contribution >= 0.6 is 0 Å². The minimum absolute atomic E-state index is 0. The van der Waals surface area contributed by atoms with Crippen LogP contribution in [0.15, 0.2) is 48.8 Å². The van der Waals surface area contributed by atoms with E-state index in [2.05, 4.69) is 109 Å². The molecule has 0 amide bonds. The zero-order chi connectivity index (χ0) is 43.3. The largest absolute Gasteiger partial charge is 3.00 e. The van der Waals surface area contributed by atoms with Gasteiger partial charge in [-0.1, -0.05) is 62.3 Å². The van der Waals surface area contributed by atoms with Crippen LogP contribution in [0, 0.1) is 0 Å². The van der Waals surface area contributed by atoms with Crippen LogP contribution in [0.25, 0.3) is 22.8 Å². The van der Waals surface area contributed by atoms with Crippen molar-refractivity contribution in [1.29, 1.82) is 0 Å². The van der Waals surface area contributed by atoms with Crippen molar-refractivity contribution in [3.05, 3.63) is 65.5 Å². The Morgan fingerprint density at radius 2 is 0.636 bits per heavy atom. The van der Waals surface area contributed by atoms with Crippen molar-refractivity contribution >= 4 is 30.4 Å². The molecule has 0 atom stereocenters. The van der Waals surface area contributed by atoms with Crippen LogP contribution in [0.2, 0.25) is 0 Å². The van der Waals surface area contributed by atoms with Crippen LogP contribution in [0.4, 0.5) is 39.5 Å². The molecule has 0 saturated heterocycles. The Kier molecular flexibility index (Phi) is 18.5. The van der Waals surface area contributed by atoms with Gasteiger partial charge in [0, 0.05) is 12.4 Å². The van der Waals surface area contributed by atoms with Crippen LogP contribution in [0.3, 0.4) is 0 Å². The summed E-state index contributed by atoms with van der Waals surface area (Å²) < 4.78 is 177. The molecule has 3 heterocycles. The Bertz CT molecular complexity index is 1900. The number of alkyl halides is 9. The maximum Gasteiger partial charge on any atom is 3.00 e. The quantitative estimate of drug-likeness (QED) is 0.108. The SMILES string of the molecule is CC(C)(C)c1ccnc(-c2cc(C(C)(C)C)cc(-c3cc(C(C)(C)C)ccn3)n2)c1.O=S(=O)([O-])C(F)(F)F.O=S(=O)([O-])C(F)(F)F.O=S(=O)([O-])C(F)(F)F.[Au+3]. The Labute approximate surface area is 328 Å². The van der Waals surface area contributed by atoms with Gasteiger partial charge in [-0.05, 0) is 69.3 Å². The minimum atomic E-state index is -6.09. The van der Waals surface area contributed by atoms with Crippen molar-refractivity contribution in [3.63, 3.8) is 0 Å². The molecule has 3 aromatic heterocycles. The molecule has 3 rings (SSSR count). The minimum Gasteiger partial charge on any atom is -0.741 e. The van der Waals surface area contributed by atoms with E-state index in [1.807, 2.05) is 12.4 Å². The number of pyridine rings is 3. The molecule has 0 saturated carbocycles. The first-order valence-corrected chi connectivity index (χ1v) is 18.8. The van der Waals surface area contributed by atoms with E-state index in [1.165, 1.54) is 16.7 Å². The Balaban J connectivity index is 0. The van der Waals surface area contributed by atoms with E-state index in [0.717, 1.165) is 22.8 Å². The van der Waals surface area contributed by atoms with Gasteiger partial charge in [-0.25, -0.2) is 30.2 Å². The number of rotatable bonds is 2. The summed E-state index contributed by atoms with van der Waals surface area (Å²) in [5.74, 6) is 0. The smallest absolute Gasteiger partial charge is 0.741 e. The Morgan fingerprint density at radius 1 is 0.436 bits per heavy atom. The zero-order valence-corrected chi connectivity index (χ0v) is 34.7. The molecule has 0 N–H and O–H groups in total. The first-order chi connectivity index (χ1) is 23.5. The van der Waals surface area contributed by atoms with Crippen molar-refractivity contribution in [3.8, 4) is 22.8 Å². The summed E-state index contributed by atoms with van der Waals surface area (Å²) in [7, 11) is -18.3. The van der Waals surface area contributed by atoms with E-state index >= 15 is 0 Å². The van der Waals surface area contributed by atoms with Gasteiger partial charge >= 0.3 is 38.9 Å². The molecule has 0 bridgehead atoms. The fourth-order valence-corrected chi connectivity index (χ4v) is 3.30. The molecule has 0 aliphatic heterocycles. The summed E-state index contributed by atoms with van der Waals surface area (Å²) in [5.41, 5.74) is -9.48. The third-order valence-electron chi connectivity index (χ3n) is 6.32. The Morgan fingerprint density at radius 3 is 0.818 bits per heavy atom. The molecule has 0 radical (unpaired) electrons. The fourth-order valence-electron chi connectivity index (χ4n) is 3.30. The molecule has 25 heteroatoms. The second kappa shape index (κ2) is 18.7. The molecule has 3 aromatic rings. The third-order valence-corrected chi connectivity index (χ3v) is 8.02. The Hall–Kier alpha value is -2.71. The molecule has 0 aliphatic carbocycles. The summed E-state index contributed by atoms with van der Waals surface area (Å²) in [6, 6.07) is 12.9. The van der Waals surface area contributed by atoms with Gasteiger partial charge in [0.15, 0.2) is 30.4 Å². The van der Waals surface area contributed by atoms with Crippen LogP contribution in [0.5, 0.6) is 0 Å². The number of hydrogen-bond acceptors (Lipinski definition) is 12. The van der Waals surface area contributed by atoms with E-state index in [9.17, 15) is 39.5 Å². The van der Waals surface area contributed by atoms with Gasteiger partial charge in [0.2, 0.25) is 0 Å². The van der Waals surface area contributed by atoms with E-state index in [0.29, 0.717) is 0 Å². The average molecular weight is 1050 g/mol. The maximum atomic E-state index is 10.7. The van der Waals surface area contributed by atoms with Crippen LogP contribution in [-0.2, 0) is 69.0 Å². The normalized spacial score (nSPS) is 13.1. The predicted molar refractivity (Wildman–Crippen MR) is 174 cm³/mol. The monoisotopic (exact) mass is 1050 g/mol. The number of hydrogen-bond donors (Lipinski definition) is 0. The van der Waals surface area contributed by atoms with E-state index in [4.69, 9.17) is 43.9 Å². The zero-order valence-electron chi connectivity index (χ0n) is 30.1. The molecule has 12 nitrogen and oxygen atoms in total. The number of aromatic nitrogens is 3. The molecule has 0 fully saturated rings. The molecule has 55 heavy (non-hydrogen) atoms. The first kappa shape index (κ1) is 54.4. The van der Waals surface area contributed by atoms with Crippen molar-refractivity contribution in [2.24, 2.45) is 0 Å². The van der Waals surface area contributed by atoms with Crippen molar-refractivity contribution in [1.82, 2.24) is 15.0 Å². The summed E-state index contributed by atoms with van der Waals surface area (Å²) in [5, 5.41) is 0. The van der Waals surface area contributed by atoms with Crippen LogP contribution in [-0.4, -0.2) is 70.4 Å². The maximum absolute atomic E-state index is 10.7. The molecule has 0 aromatic carbocycles. The number of nitrogens with zero attached hydrogens (tertiary/aromatic N) is 3. The predicted octanol–water partition coefficient (Wildman–Crippen LogP) is 7.25.